The number of phosphoric ester groups is 1. The zero-order valence-electron chi connectivity index (χ0n) is 17.3. The quantitative estimate of drug-likeness (QED) is 0.356. The van der Waals surface area contributed by atoms with Gasteiger partial charge >= 0.3 is 37.4 Å². The van der Waals surface area contributed by atoms with Gasteiger partial charge in [0.2, 0.25) is 0 Å². The summed E-state index contributed by atoms with van der Waals surface area (Å²) in [6.07, 6.45) is 8.56. The summed E-state index contributed by atoms with van der Waals surface area (Å²) in [5.41, 5.74) is 0. The van der Waals surface area contributed by atoms with Crippen LogP contribution in [0.2, 0.25) is 0 Å². The van der Waals surface area contributed by atoms with Gasteiger partial charge in [-0.1, -0.05) is 66.2 Å². The van der Waals surface area contributed by atoms with Crippen LogP contribution in [0, 0.1) is 11.8 Å². The summed E-state index contributed by atoms with van der Waals surface area (Å²) in [4.78, 5) is 9.77. The van der Waals surface area contributed by atoms with Crippen LogP contribution in [0.1, 0.15) is 80.5 Å². The summed E-state index contributed by atoms with van der Waals surface area (Å²) in [7, 11) is -3.89. The Hall–Kier alpha value is 1.03. The number of rotatable bonds is 14. The first-order valence-corrected chi connectivity index (χ1v) is 10.1. The van der Waals surface area contributed by atoms with Gasteiger partial charge in [-0.25, -0.2) is 4.57 Å². The maximum Gasteiger partial charge on any atom is 1.00 e. The standard InChI is InChI=1S/C16H35O4P.Na.2H2O.H/c1-5-9-11-15(7-3)13-19-21(17,18)20-14-16(8-4)12-10-6-2;;;;/h15-16H,5-14H2,1-4H3,(H,17,18);;2*1H2;/q;+1;;;-1. The second kappa shape index (κ2) is 20.3. The minimum Gasteiger partial charge on any atom is -1.00 e. The van der Waals surface area contributed by atoms with Crippen molar-refractivity contribution in [2.24, 2.45) is 11.8 Å². The maximum atomic E-state index is 11.9. The predicted octanol–water partition coefficient (Wildman–Crippen LogP) is 1.02. The smallest absolute Gasteiger partial charge is 1.00 e. The molecule has 0 aromatic rings. The van der Waals surface area contributed by atoms with Gasteiger partial charge in [0.15, 0.2) is 0 Å². The van der Waals surface area contributed by atoms with E-state index in [9.17, 15) is 9.46 Å². The molecule has 0 aliphatic carbocycles. The Balaban J connectivity index is -0.000000333. The van der Waals surface area contributed by atoms with E-state index in [0.717, 1.165) is 51.4 Å². The number of hydrogen-bond donors (Lipinski definition) is 1. The molecular weight excluding hydrogens is 342 g/mol. The van der Waals surface area contributed by atoms with Gasteiger partial charge in [0, 0.05) is 0 Å². The molecule has 0 aromatic heterocycles. The largest absolute Gasteiger partial charge is 1.00 e. The van der Waals surface area contributed by atoms with Gasteiger partial charge in [-0.3, -0.25) is 9.05 Å². The Morgan fingerprint density at radius 3 is 1.46 bits per heavy atom. The van der Waals surface area contributed by atoms with Crippen molar-refractivity contribution in [3.63, 3.8) is 0 Å². The fraction of sp³-hybridized carbons (Fsp3) is 1.00. The van der Waals surface area contributed by atoms with Crippen LogP contribution in [0.4, 0.5) is 0 Å². The zero-order valence-corrected chi connectivity index (χ0v) is 19.2. The van der Waals surface area contributed by atoms with Crippen molar-refractivity contribution < 1.29 is 60.4 Å². The van der Waals surface area contributed by atoms with Crippen LogP contribution in [0.15, 0.2) is 0 Å². The molecule has 0 fully saturated rings. The molecule has 0 amide bonds. The van der Waals surface area contributed by atoms with E-state index < -0.39 is 7.82 Å². The van der Waals surface area contributed by atoms with Gasteiger partial charge in [-0.15, -0.1) is 0 Å². The van der Waals surface area contributed by atoms with E-state index in [2.05, 4.69) is 27.7 Å². The van der Waals surface area contributed by atoms with E-state index >= 15 is 0 Å². The van der Waals surface area contributed by atoms with E-state index in [0.29, 0.717) is 25.0 Å². The molecule has 2 unspecified atom stereocenters. The summed E-state index contributed by atoms with van der Waals surface area (Å²) in [6.45, 7) is 9.10. The Morgan fingerprint density at radius 2 is 1.21 bits per heavy atom. The minimum absolute atomic E-state index is 0. The van der Waals surface area contributed by atoms with E-state index in [1.165, 1.54) is 0 Å². The minimum atomic E-state index is -3.89. The van der Waals surface area contributed by atoms with E-state index in [1.807, 2.05) is 0 Å². The SMILES string of the molecule is CCCCC(CC)COP(=O)(O)OCC(CC)CCCC.O.O.[H-].[Na+]. The number of phosphoric acid groups is 1. The predicted molar refractivity (Wildman–Crippen MR) is 96.7 cm³/mol. The Morgan fingerprint density at radius 1 is 0.875 bits per heavy atom. The van der Waals surface area contributed by atoms with Gasteiger partial charge in [0.1, 0.15) is 0 Å². The van der Waals surface area contributed by atoms with Crippen LogP contribution in [-0.2, 0) is 13.6 Å². The third-order valence-corrected chi connectivity index (χ3v) is 4.98. The normalized spacial score (nSPS) is 15.2. The molecule has 8 heteroatoms. The van der Waals surface area contributed by atoms with Crippen LogP contribution in [0.5, 0.6) is 0 Å². The second-order valence-corrected chi connectivity index (χ2v) is 7.35. The topological polar surface area (TPSA) is 119 Å². The molecule has 0 aromatic carbocycles. The fourth-order valence-corrected chi connectivity index (χ4v) is 3.11. The summed E-state index contributed by atoms with van der Waals surface area (Å²) < 4.78 is 22.2. The molecule has 0 aliphatic rings. The van der Waals surface area contributed by atoms with Gasteiger partial charge in [0.05, 0.1) is 13.2 Å². The molecule has 0 aliphatic heterocycles. The summed E-state index contributed by atoms with van der Waals surface area (Å²) in [6, 6.07) is 0. The zero-order chi connectivity index (χ0) is 16.1. The molecule has 0 saturated carbocycles. The van der Waals surface area contributed by atoms with Crippen LogP contribution in [0.3, 0.4) is 0 Å². The van der Waals surface area contributed by atoms with Crippen molar-refractivity contribution in [3.05, 3.63) is 0 Å². The Labute approximate surface area is 172 Å². The molecule has 5 N–H and O–H groups in total. The molecule has 146 valence electrons. The Kier molecular flexibility index (Phi) is 27.7. The maximum absolute atomic E-state index is 11.9. The first-order chi connectivity index (χ1) is 9.99. The van der Waals surface area contributed by atoms with E-state index in [-0.39, 0.29) is 41.9 Å². The number of unbranched alkanes of at least 4 members (excludes halogenated alkanes) is 2. The van der Waals surface area contributed by atoms with Crippen molar-refractivity contribution in [1.29, 1.82) is 0 Å². The molecule has 0 saturated heterocycles. The van der Waals surface area contributed by atoms with Crippen molar-refractivity contribution in [1.82, 2.24) is 0 Å². The molecule has 0 bridgehead atoms. The fourth-order valence-electron chi connectivity index (χ4n) is 2.23. The van der Waals surface area contributed by atoms with Crippen molar-refractivity contribution in [3.8, 4) is 0 Å². The van der Waals surface area contributed by atoms with Gasteiger partial charge in [-0.2, -0.15) is 0 Å². The summed E-state index contributed by atoms with van der Waals surface area (Å²) in [5, 5.41) is 0. The molecular formula is C16H40NaO6P. The molecule has 2 atom stereocenters. The molecule has 24 heavy (non-hydrogen) atoms. The summed E-state index contributed by atoms with van der Waals surface area (Å²) in [5.74, 6) is 0.687. The van der Waals surface area contributed by atoms with E-state index in [1.54, 1.807) is 0 Å². The summed E-state index contributed by atoms with van der Waals surface area (Å²) >= 11 is 0. The second-order valence-electron chi connectivity index (χ2n) is 5.89. The van der Waals surface area contributed by atoms with Crippen molar-refractivity contribution in [2.75, 3.05) is 13.2 Å². The Bertz CT molecular complexity index is 276. The average molecular weight is 382 g/mol. The first kappa shape index (κ1) is 32.7. The molecule has 0 heterocycles. The molecule has 0 spiro atoms. The number of hydrogen-bond acceptors (Lipinski definition) is 3. The first-order valence-electron chi connectivity index (χ1n) is 8.60. The van der Waals surface area contributed by atoms with E-state index in [4.69, 9.17) is 9.05 Å². The van der Waals surface area contributed by atoms with Gasteiger partial charge in [0.25, 0.3) is 0 Å². The van der Waals surface area contributed by atoms with Crippen molar-refractivity contribution in [2.45, 2.75) is 79.1 Å². The van der Waals surface area contributed by atoms with Crippen LogP contribution >= 0.6 is 7.82 Å². The van der Waals surface area contributed by atoms with Gasteiger partial charge in [-0.05, 0) is 24.7 Å². The molecule has 6 nitrogen and oxygen atoms in total. The average Bonchev–Trinajstić information content (AvgIpc) is 2.47. The van der Waals surface area contributed by atoms with Crippen LogP contribution < -0.4 is 29.6 Å². The third kappa shape index (κ3) is 17.8. The third-order valence-electron chi connectivity index (χ3n) is 4.03. The van der Waals surface area contributed by atoms with Crippen molar-refractivity contribution >= 4 is 7.82 Å². The molecule has 0 radical (unpaired) electrons. The monoisotopic (exact) mass is 382 g/mol. The molecule has 0 rings (SSSR count). The van der Waals surface area contributed by atoms with Crippen LogP contribution in [0.25, 0.3) is 0 Å². The van der Waals surface area contributed by atoms with Gasteiger partial charge < -0.3 is 17.3 Å². The van der Waals surface area contributed by atoms with Crippen LogP contribution in [-0.4, -0.2) is 29.1 Å².